The summed E-state index contributed by atoms with van der Waals surface area (Å²) in [5.41, 5.74) is 3.50. The van der Waals surface area contributed by atoms with E-state index in [2.05, 4.69) is 54.5 Å². The fourth-order valence-electron chi connectivity index (χ4n) is 5.23. The van der Waals surface area contributed by atoms with E-state index < -0.39 is 11.4 Å². The van der Waals surface area contributed by atoms with E-state index in [0.717, 1.165) is 31.7 Å². The van der Waals surface area contributed by atoms with Crippen LogP contribution in [-0.4, -0.2) is 53.7 Å². The summed E-state index contributed by atoms with van der Waals surface area (Å²) < 4.78 is 6.13. The van der Waals surface area contributed by atoms with Gasteiger partial charge in [0, 0.05) is 29.8 Å². The Hall–Kier alpha value is -3.36. The molecule has 1 atom stereocenters. The quantitative estimate of drug-likeness (QED) is 0.272. The van der Waals surface area contributed by atoms with Gasteiger partial charge in [0.05, 0.1) is 12.0 Å². The molecule has 0 bridgehead atoms. The minimum Gasteiger partial charge on any atom is -0.492 e. The fraction of sp³-hybridized carbons (Fsp3) is 0.467. The molecule has 2 aromatic carbocycles. The van der Waals surface area contributed by atoms with Crippen LogP contribution in [0.1, 0.15) is 62.4 Å². The van der Waals surface area contributed by atoms with Gasteiger partial charge in [-0.25, -0.2) is 5.48 Å². The molecular weight excluding hydrogens is 480 g/mol. The van der Waals surface area contributed by atoms with Crippen LogP contribution in [-0.2, 0) is 10.2 Å². The van der Waals surface area contributed by atoms with Gasteiger partial charge >= 0.3 is 0 Å². The Bertz CT molecular complexity index is 1140. The number of fused-ring (bicyclic) bond motifs is 1. The number of anilines is 1. The molecule has 1 saturated heterocycles. The summed E-state index contributed by atoms with van der Waals surface area (Å²) >= 11 is 0. The molecule has 2 aliphatic heterocycles. The second kappa shape index (κ2) is 12.0. The maximum Gasteiger partial charge on any atom is 0.251 e. The molecule has 204 valence electrons. The molecule has 0 aromatic heterocycles. The Kier molecular flexibility index (Phi) is 8.74. The highest BCUT2D eigenvalue weighted by Crippen LogP contribution is 2.35. The number of benzene rings is 2. The summed E-state index contributed by atoms with van der Waals surface area (Å²) in [5.74, 6) is 0.579. The molecule has 4 rings (SSSR count). The minimum atomic E-state index is -0.698. The van der Waals surface area contributed by atoms with E-state index in [0.29, 0.717) is 36.7 Å². The van der Waals surface area contributed by atoms with Crippen molar-refractivity contribution in [3.05, 3.63) is 71.9 Å². The van der Waals surface area contributed by atoms with Crippen molar-refractivity contribution in [3.63, 3.8) is 0 Å². The van der Waals surface area contributed by atoms with Crippen LogP contribution in [0.25, 0.3) is 0 Å². The fourth-order valence-corrected chi connectivity index (χ4v) is 5.23. The lowest BCUT2D eigenvalue weighted by Gasteiger charge is -2.42. The van der Waals surface area contributed by atoms with E-state index in [4.69, 9.17) is 9.94 Å². The molecule has 2 aliphatic rings. The molecule has 8 heteroatoms. The maximum atomic E-state index is 13.2. The normalized spacial score (nSPS) is 20.3. The van der Waals surface area contributed by atoms with Gasteiger partial charge in [-0.2, -0.15) is 0 Å². The zero-order valence-electron chi connectivity index (χ0n) is 22.6. The Balaban J connectivity index is 1.38. The number of carbonyl (C=O) groups is 2. The molecule has 0 radical (unpaired) electrons. The summed E-state index contributed by atoms with van der Waals surface area (Å²) in [4.78, 5) is 27.7. The molecule has 1 unspecified atom stereocenters. The number of nitrogens with zero attached hydrogens (tertiary/aromatic N) is 1. The van der Waals surface area contributed by atoms with Crippen LogP contribution in [0.5, 0.6) is 5.75 Å². The van der Waals surface area contributed by atoms with E-state index in [9.17, 15) is 9.59 Å². The minimum absolute atomic E-state index is 0.0386. The predicted octanol–water partition coefficient (Wildman–Crippen LogP) is 4.47. The van der Waals surface area contributed by atoms with Crippen molar-refractivity contribution < 1.29 is 19.5 Å². The van der Waals surface area contributed by atoms with Crippen LogP contribution >= 0.6 is 0 Å². The first-order valence-electron chi connectivity index (χ1n) is 13.5. The van der Waals surface area contributed by atoms with E-state index >= 15 is 0 Å². The number of hydrogen-bond acceptors (Lipinski definition) is 6. The number of rotatable bonds is 10. The number of para-hydroxylation sites is 1. The third-order valence-electron chi connectivity index (χ3n) is 7.73. The summed E-state index contributed by atoms with van der Waals surface area (Å²) in [7, 11) is 0. The highest BCUT2D eigenvalue weighted by Gasteiger charge is 2.38. The number of hydroxylamine groups is 1. The number of hydrogen-bond donors (Lipinski definition) is 4. The van der Waals surface area contributed by atoms with Gasteiger partial charge in [0.15, 0.2) is 0 Å². The Labute approximate surface area is 225 Å². The summed E-state index contributed by atoms with van der Waals surface area (Å²) in [6.07, 6.45) is 6.50. The lowest BCUT2D eigenvalue weighted by atomic mass is 9.80. The first-order chi connectivity index (χ1) is 18.2. The zero-order chi connectivity index (χ0) is 27.2. The van der Waals surface area contributed by atoms with Crippen LogP contribution in [0.4, 0.5) is 5.69 Å². The van der Waals surface area contributed by atoms with Gasteiger partial charge < -0.3 is 20.3 Å². The second-order valence-electron chi connectivity index (χ2n) is 11.2. The molecule has 2 heterocycles. The average molecular weight is 521 g/mol. The van der Waals surface area contributed by atoms with Crippen LogP contribution in [0.3, 0.4) is 0 Å². The SMILES string of the molecule is CC(C)CCN1CCC(CC(=O)NO)(NC(=O)c2ccc(OCC3(C)C=CNc4ccccc43)cc2)CC1. The van der Waals surface area contributed by atoms with E-state index in [1.54, 1.807) is 29.7 Å². The third kappa shape index (κ3) is 6.74. The maximum absolute atomic E-state index is 13.2. The molecule has 4 N–H and O–H groups in total. The largest absolute Gasteiger partial charge is 0.492 e. The number of ether oxygens (including phenoxy) is 1. The Morgan fingerprint density at radius 1 is 1.11 bits per heavy atom. The van der Waals surface area contributed by atoms with Crippen LogP contribution in [0.2, 0.25) is 0 Å². The molecular formula is C30H40N4O4. The number of piperidine rings is 1. The molecule has 38 heavy (non-hydrogen) atoms. The van der Waals surface area contributed by atoms with Crippen molar-refractivity contribution >= 4 is 17.5 Å². The van der Waals surface area contributed by atoms with Crippen molar-refractivity contribution in [2.75, 3.05) is 31.6 Å². The van der Waals surface area contributed by atoms with Gasteiger partial charge in [-0.05, 0) is 80.7 Å². The van der Waals surface area contributed by atoms with Crippen molar-refractivity contribution in [2.45, 2.75) is 57.4 Å². The molecule has 8 nitrogen and oxygen atoms in total. The van der Waals surface area contributed by atoms with Crippen LogP contribution in [0.15, 0.2) is 60.8 Å². The first kappa shape index (κ1) is 27.7. The zero-order valence-corrected chi connectivity index (χ0v) is 22.6. The Morgan fingerprint density at radius 3 is 2.50 bits per heavy atom. The van der Waals surface area contributed by atoms with E-state index in [1.165, 1.54) is 5.56 Å². The highest BCUT2D eigenvalue weighted by atomic mass is 16.5. The monoisotopic (exact) mass is 520 g/mol. The highest BCUT2D eigenvalue weighted by molar-refractivity contribution is 5.95. The van der Waals surface area contributed by atoms with Gasteiger partial charge in [0.25, 0.3) is 5.91 Å². The van der Waals surface area contributed by atoms with Crippen molar-refractivity contribution in [2.24, 2.45) is 5.92 Å². The van der Waals surface area contributed by atoms with Crippen LogP contribution < -0.4 is 20.9 Å². The number of likely N-dealkylation sites (tertiary alicyclic amines) is 1. The van der Waals surface area contributed by atoms with Crippen molar-refractivity contribution in [1.82, 2.24) is 15.7 Å². The first-order valence-corrected chi connectivity index (χ1v) is 13.5. The summed E-state index contributed by atoms with van der Waals surface area (Å²) in [5, 5.41) is 15.5. The van der Waals surface area contributed by atoms with E-state index in [-0.39, 0.29) is 17.7 Å². The molecule has 0 saturated carbocycles. The lowest BCUT2D eigenvalue weighted by molar-refractivity contribution is -0.131. The third-order valence-corrected chi connectivity index (χ3v) is 7.73. The van der Waals surface area contributed by atoms with Gasteiger partial charge in [-0.3, -0.25) is 14.8 Å². The Morgan fingerprint density at radius 2 is 1.82 bits per heavy atom. The van der Waals surface area contributed by atoms with Crippen LogP contribution in [0, 0.1) is 5.92 Å². The number of carbonyl (C=O) groups excluding carboxylic acids is 2. The topological polar surface area (TPSA) is 103 Å². The summed E-state index contributed by atoms with van der Waals surface area (Å²) in [6.45, 7) is 9.61. The molecule has 2 aromatic rings. The van der Waals surface area contributed by atoms with Crippen molar-refractivity contribution in [1.29, 1.82) is 0 Å². The average Bonchev–Trinajstić information content (AvgIpc) is 2.92. The molecule has 0 spiro atoms. The summed E-state index contributed by atoms with van der Waals surface area (Å²) in [6, 6.07) is 15.3. The van der Waals surface area contributed by atoms with Crippen molar-refractivity contribution in [3.8, 4) is 5.75 Å². The number of amides is 2. The molecule has 2 amide bonds. The standard InChI is InChI=1S/C30H40N4O4/c1-22(2)12-17-34-18-14-30(15-19-34,20-27(35)33-37)32-28(36)23-8-10-24(11-9-23)38-21-29(3)13-16-31-26-7-5-4-6-25(26)29/h4-11,13,16,22,31,37H,12,14-15,17-21H2,1-3H3,(H,32,36)(H,33,35). The van der Waals surface area contributed by atoms with Gasteiger partial charge in [0.1, 0.15) is 12.4 Å². The van der Waals surface area contributed by atoms with Gasteiger partial charge in [-0.1, -0.05) is 38.1 Å². The van der Waals surface area contributed by atoms with Gasteiger partial charge in [0.2, 0.25) is 5.91 Å². The van der Waals surface area contributed by atoms with E-state index in [1.807, 2.05) is 18.3 Å². The molecule has 1 fully saturated rings. The smallest absolute Gasteiger partial charge is 0.251 e. The predicted molar refractivity (Wildman–Crippen MR) is 148 cm³/mol. The van der Waals surface area contributed by atoms with Gasteiger partial charge in [-0.15, -0.1) is 0 Å². The molecule has 0 aliphatic carbocycles. The second-order valence-corrected chi connectivity index (χ2v) is 11.2. The lowest BCUT2D eigenvalue weighted by Crippen LogP contribution is -2.57. The number of nitrogens with one attached hydrogen (secondary N) is 3.